The SMILES string of the molecule is C=CCOCCCC(=O)NC(C)(CN)CC(C)C. The first kappa shape index (κ1) is 17.1. The molecule has 0 spiro atoms. The van der Waals surface area contributed by atoms with Crippen LogP contribution in [-0.2, 0) is 9.53 Å². The molecule has 0 heterocycles. The Bertz CT molecular complexity index is 254. The molecular formula is C14H28N2O2. The number of amides is 1. The minimum Gasteiger partial charge on any atom is -0.377 e. The minimum absolute atomic E-state index is 0.0470. The van der Waals surface area contributed by atoms with E-state index in [0.717, 1.165) is 12.8 Å². The summed E-state index contributed by atoms with van der Waals surface area (Å²) in [6.45, 7) is 11.4. The van der Waals surface area contributed by atoms with E-state index in [9.17, 15) is 4.79 Å². The molecule has 0 aromatic heterocycles. The molecule has 106 valence electrons. The molecule has 0 saturated heterocycles. The largest absolute Gasteiger partial charge is 0.377 e. The van der Waals surface area contributed by atoms with Crippen LogP contribution in [0, 0.1) is 5.92 Å². The molecule has 0 rings (SSSR count). The van der Waals surface area contributed by atoms with Crippen LogP contribution in [0.4, 0.5) is 0 Å². The van der Waals surface area contributed by atoms with Gasteiger partial charge in [0.1, 0.15) is 0 Å². The summed E-state index contributed by atoms with van der Waals surface area (Å²) < 4.78 is 5.23. The van der Waals surface area contributed by atoms with Gasteiger partial charge in [0.15, 0.2) is 0 Å². The lowest BCUT2D eigenvalue weighted by atomic mass is 9.90. The quantitative estimate of drug-likeness (QED) is 0.463. The Labute approximate surface area is 111 Å². The van der Waals surface area contributed by atoms with Crippen molar-refractivity contribution in [2.75, 3.05) is 19.8 Å². The van der Waals surface area contributed by atoms with Crippen molar-refractivity contribution < 1.29 is 9.53 Å². The molecule has 1 atom stereocenters. The lowest BCUT2D eigenvalue weighted by Gasteiger charge is -2.31. The van der Waals surface area contributed by atoms with E-state index >= 15 is 0 Å². The number of nitrogens with one attached hydrogen (secondary N) is 1. The Morgan fingerprint density at radius 1 is 1.56 bits per heavy atom. The molecule has 0 bridgehead atoms. The summed E-state index contributed by atoms with van der Waals surface area (Å²) in [6.07, 6.45) is 3.79. The highest BCUT2D eigenvalue weighted by Crippen LogP contribution is 2.15. The first-order valence-electron chi connectivity index (χ1n) is 6.63. The van der Waals surface area contributed by atoms with E-state index in [2.05, 4.69) is 25.7 Å². The zero-order valence-corrected chi connectivity index (χ0v) is 12.0. The summed E-state index contributed by atoms with van der Waals surface area (Å²) in [7, 11) is 0. The summed E-state index contributed by atoms with van der Waals surface area (Å²) in [6, 6.07) is 0. The van der Waals surface area contributed by atoms with E-state index in [4.69, 9.17) is 10.5 Å². The lowest BCUT2D eigenvalue weighted by Crippen LogP contribution is -2.52. The smallest absolute Gasteiger partial charge is 0.220 e. The second-order valence-corrected chi connectivity index (χ2v) is 5.38. The van der Waals surface area contributed by atoms with E-state index in [1.807, 2.05) is 6.92 Å². The van der Waals surface area contributed by atoms with Crippen molar-refractivity contribution in [2.45, 2.75) is 45.6 Å². The van der Waals surface area contributed by atoms with Gasteiger partial charge in [-0.15, -0.1) is 6.58 Å². The van der Waals surface area contributed by atoms with Crippen LogP contribution in [0.3, 0.4) is 0 Å². The van der Waals surface area contributed by atoms with Crippen LogP contribution in [0.25, 0.3) is 0 Å². The molecule has 1 unspecified atom stereocenters. The Hall–Kier alpha value is -0.870. The number of nitrogens with two attached hydrogens (primary N) is 1. The number of ether oxygens (including phenoxy) is 1. The van der Waals surface area contributed by atoms with Gasteiger partial charge in [-0.25, -0.2) is 0 Å². The minimum atomic E-state index is -0.298. The predicted molar refractivity (Wildman–Crippen MR) is 75.3 cm³/mol. The maximum Gasteiger partial charge on any atom is 0.220 e. The summed E-state index contributed by atoms with van der Waals surface area (Å²) in [4.78, 5) is 11.8. The second kappa shape index (κ2) is 9.11. The van der Waals surface area contributed by atoms with Crippen molar-refractivity contribution in [1.82, 2.24) is 5.32 Å². The first-order valence-corrected chi connectivity index (χ1v) is 6.63. The van der Waals surface area contributed by atoms with Crippen LogP contribution in [0.2, 0.25) is 0 Å². The molecule has 0 aliphatic heterocycles. The lowest BCUT2D eigenvalue weighted by molar-refractivity contribution is -0.123. The van der Waals surface area contributed by atoms with Gasteiger partial charge >= 0.3 is 0 Å². The maximum absolute atomic E-state index is 11.8. The van der Waals surface area contributed by atoms with Gasteiger partial charge in [-0.1, -0.05) is 19.9 Å². The van der Waals surface area contributed by atoms with Gasteiger partial charge in [0.05, 0.1) is 6.61 Å². The van der Waals surface area contributed by atoms with Crippen LogP contribution in [0.1, 0.15) is 40.0 Å². The molecule has 0 aliphatic rings. The number of carbonyl (C=O) groups is 1. The van der Waals surface area contributed by atoms with Crippen LogP contribution in [-0.4, -0.2) is 31.2 Å². The Balaban J connectivity index is 3.92. The van der Waals surface area contributed by atoms with E-state index in [-0.39, 0.29) is 11.4 Å². The average molecular weight is 256 g/mol. The van der Waals surface area contributed by atoms with Crippen LogP contribution < -0.4 is 11.1 Å². The highest BCUT2D eigenvalue weighted by Gasteiger charge is 2.25. The van der Waals surface area contributed by atoms with E-state index in [1.54, 1.807) is 6.08 Å². The predicted octanol–water partition coefficient (Wildman–Crippen LogP) is 1.85. The Kier molecular flexibility index (Phi) is 8.67. The van der Waals surface area contributed by atoms with Crippen LogP contribution in [0.5, 0.6) is 0 Å². The molecule has 0 radical (unpaired) electrons. The summed E-state index contributed by atoms with van der Waals surface area (Å²) >= 11 is 0. The third kappa shape index (κ3) is 8.25. The molecule has 0 fully saturated rings. The fourth-order valence-corrected chi connectivity index (χ4v) is 1.99. The molecular weight excluding hydrogens is 228 g/mol. The van der Waals surface area contributed by atoms with E-state index in [1.165, 1.54) is 0 Å². The van der Waals surface area contributed by atoms with Gasteiger partial charge in [0, 0.05) is 25.1 Å². The highest BCUT2D eigenvalue weighted by molar-refractivity contribution is 5.76. The van der Waals surface area contributed by atoms with Crippen molar-refractivity contribution >= 4 is 5.91 Å². The molecule has 18 heavy (non-hydrogen) atoms. The van der Waals surface area contributed by atoms with Crippen molar-refractivity contribution in [3.05, 3.63) is 12.7 Å². The molecule has 0 aliphatic carbocycles. The standard InChI is InChI=1S/C14H28N2O2/c1-5-8-18-9-6-7-13(17)16-14(4,11-15)10-12(2)3/h5,12H,1,6-11,15H2,2-4H3,(H,16,17). The Morgan fingerprint density at radius 3 is 2.72 bits per heavy atom. The van der Waals surface area contributed by atoms with Gasteiger partial charge in [-0.3, -0.25) is 4.79 Å². The van der Waals surface area contributed by atoms with Crippen molar-refractivity contribution in [3.8, 4) is 0 Å². The molecule has 1 amide bonds. The third-order valence-electron chi connectivity index (χ3n) is 2.68. The van der Waals surface area contributed by atoms with Gasteiger partial charge < -0.3 is 15.8 Å². The normalized spacial score (nSPS) is 14.3. The van der Waals surface area contributed by atoms with E-state index < -0.39 is 0 Å². The van der Waals surface area contributed by atoms with Crippen molar-refractivity contribution in [2.24, 2.45) is 11.7 Å². The number of rotatable bonds is 10. The molecule has 0 aromatic rings. The van der Waals surface area contributed by atoms with Gasteiger partial charge in [0.2, 0.25) is 5.91 Å². The van der Waals surface area contributed by atoms with Gasteiger partial charge in [0.25, 0.3) is 0 Å². The molecule has 4 nitrogen and oxygen atoms in total. The van der Waals surface area contributed by atoms with Crippen molar-refractivity contribution in [1.29, 1.82) is 0 Å². The van der Waals surface area contributed by atoms with Crippen LogP contribution >= 0.6 is 0 Å². The Morgan fingerprint density at radius 2 is 2.22 bits per heavy atom. The molecule has 3 N–H and O–H groups in total. The van der Waals surface area contributed by atoms with Crippen LogP contribution in [0.15, 0.2) is 12.7 Å². The van der Waals surface area contributed by atoms with Crippen molar-refractivity contribution in [3.63, 3.8) is 0 Å². The fraction of sp³-hybridized carbons (Fsp3) is 0.786. The summed E-state index contributed by atoms with van der Waals surface area (Å²) in [5, 5.41) is 3.03. The molecule has 0 aromatic carbocycles. The van der Waals surface area contributed by atoms with E-state index in [0.29, 0.717) is 32.1 Å². The molecule has 0 saturated carbocycles. The van der Waals surface area contributed by atoms with Gasteiger partial charge in [-0.2, -0.15) is 0 Å². The number of hydrogen-bond acceptors (Lipinski definition) is 3. The number of hydrogen-bond donors (Lipinski definition) is 2. The fourth-order valence-electron chi connectivity index (χ4n) is 1.99. The topological polar surface area (TPSA) is 64.3 Å². The second-order valence-electron chi connectivity index (χ2n) is 5.38. The molecule has 4 heteroatoms. The third-order valence-corrected chi connectivity index (χ3v) is 2.68. The summed E-state index contributed by atoms with van der Waals surface area (Å²) in [5.74, 6) is 0.556. The van der Waals surface area contributed by atoms with Gasteiger partial charge in [-0.05, 0) is 25.7 Å². The first-order chi connectivity index (χ1) is 8.43. The monoisotopic (exact) mass is 256 g/mol. The maximum atomic E-state index is 11.8. The average Bonchev–Trinajstić information content (AvgIpc) is 2.27. The summed E-state index contributed by atoms with van der Waals surface area (Å²) in [5.41, 5.74) is 5.45. The number of carbonyl (C=O) groups excluding carboxylic acids is 1. The zero-order chi connectivity index (χ0) is 14.0. The highest BCUT2D eigenvalue weighted by atomic mass is 16.5. The zero-order valence-electron chi connectivity index (χ0n) is 12.0.